The van der Waals surface area contributed by atoms with Crippen molar-refractivity contribution in [2.45, 2.75) is 13.3 Å². The van der Waals surface area contributed by atoms with Gasteiger partial charge in [-0.2, -0.15) is 0 Å². The van der Waals surface area contributed by atoms with Crippen LogP contribution in [-0.4, -0.2) is 29.4 Å². The van der Waals surface area contributed by atoms with Gasteiger partial charge in [0, 0.05) is 25.6 Å². The summed E-state index contributed by atoms with van der Waals surface area (Å²) in [7, 11) is 1.57. The molecular weight excluding hydrogens is 224 g/mol. The van der Waals surface area contributed by atoms with Crippen molar-refractivity contribution >= 4 is 17.4 Å². The SMILES string of the molecule is CNC(=O)CCNc1cc(C)c([N+](=O)[O-])cn1. The summed E-state index contributed by atoms with van der Waals surface area (Å²) in [5.41, 5.74) is 0.522. The Morgan fingerprint density at radius 1 is 1.59 bits per heavy atom. The lowest BCUT2D eigenvalue weighted by atomic mass is 10.2. The Kier molecular flexibility index (Phi) is 4.38. The maximum absolute atomic E-state index is 11.0. The molecule has 0 radical (unpaired) electrons. The molecule has 0 aliphatic carbocycles. The number of anilines is 1. The number of nitrogens with zero attached hydrogens (tertiary/aromatic N) is 2. The maximum atomic E-state index is 11.0. The van der Waals surface area contributed by atoms with Crippen molar-refractivity contribution in [2.24, 2.45) is 0 Å². The first-order valence-corrected chi connectivity index (χ1v) is 5.10. The molecule has 7 nitrogen and oxygen atoms in total. The van der Waals surface area contributed by atoms with E-state index in [0.717, 1.165) is 0 Å². The first kappa shape index (κ1) is 12.9. The van der Waals surface area contributed by atoms with E-state index in [1.807, 2.05) is 0 Å². The van der Waals surface area contributed by atoms with Crippen molar-refractivity contribution in [3.05, 3.63) is 27.9 Å². The van der Waals surface area contributed by atoms with Gasteiger partial charge in [0.25, 0.3) is 5.69 Å². The minimum Gasteiger partial charge on any atom is -0.370 e. The highest BCUT2D eigenvalue weighted by molar-refractivity contribution is 5.76. The zero-order valence-corrected chi connectivity index (χ0v) is 9.69. The number of aryl methyl sites for hydroxylation is 1. The molecule has 92 valence electrons. The molecule has 0 unspecified atom stereocenters. The minimum atomic E-state index is -0.476. The average Bonchev–Trinajstić information content (AvgIpc) is 2.28. The fraction of sp³-hybridized carbons (Fsp3) is 0.400. The fourth-order valence-corrected chi connectivity index (χ4v) is 1.27. The van der Waals surface area contributed by atoms with Crippen molar-refractivity contribution in [3.63, 3.8) is 0 Å². The number of pyridine rings is 1. The Hall–Kier alpha value is -2.18. The third-order valence-corrected chi connectivity index (χ3v) is 2.22. The van der Waals surface area contributed by atoms with Gasteiger partial charge in [0.1, 0.15) is 12.0 Å². The summed E-state index contributed by atoms with van der Waals surface area (Å²) in [6, 6.07) is 1.59. The molecule has 0 saturated heterocycles. The predicted molar refractivity (Wildman–Crippen MR) is 62.8 cm³/mol. The number of carbonyl (C=O) groups is 1. The number of hydrogen-bond acceptors (Lipinski definition) is 5. The number of hydrogen-bond donors (Lipinski definition) is 2. The number of rotatable bonds is 5. The lowest BCUT2D eigenvalue weighted by Crippen LogP contribution is -2.21. The third kappa shape index (κ3) is 3.71. The van der Waals surface area contributed by atoms with Crippen LogP contribution >= 0.6 is 0 Å². The van der Waals surface area contributed by atoms with Gasteiger partial charge in [-0.3, -0.25) is 14.9 Å². The van der Waals surface area contributed by atoms with Crippen LogP contribution in [-0.2, 0) is 4.79 Å². The molecule has 1 rings (SSSR count). The zero-order chi connectivity index (χ0) is 12.8. The number of aromatic nitrogens is 1. The zero-order valence-electron chi connectivity index (χ0n) is 9.69. The summed E-state index contributed by atoms with van der Waals surface area (Å²) >= 11 is 0. The van der Waals surface area contributed by atoms with Gasteiger partial charge in [0.2, 0.25) is 5.91 Å². The molecule has 0 fully saturated rings. The van der Waals surface area contributed by atoms with Crippen LogP contribution in [0.2, 0.25) is 0 Å². The van der Waals surface area contributed by atoms with Crippen LogP contribution in [0.4, 0.5) is 11.5 Å². The molecule has 17 heavy (non-hydrogen) atoms. The highest BCUT2D eigenvalue weighted by Gasteiger charge is 2.11. The van der Waals surface area contributed by atoms with E-state index >= 15 is 0 Å². The molecule has 1 heterocycles. The van der Waals surface area contributed by atoms with E-state index in [2.05, 4.69) is 15.6 Å². The van der Waals surface area contributed by atoms with Crippen LogP contribution in [0.25, 0.3) is 0 Å². The van der Waals surface area contributed by atoms with E-state index in [9.17, 15) is 14.9 Å². The van der Waals surface area contributed by atoms with Crippen LogP contribution in [0.5, 0.6) is 0 Å². The Morgan fingerprint density at radius 2 is 2.29 bits per heavy atom. The van der Waals surface area contributed by atoms with Gasteiger partial charge in [-0.15, -0.1) is 0 Å². The van der Waals surface area contributed by atoms with Crippen LogP contribution in [0, 0.1) is 17.0 Å². The van der Waals surface area contributed by atoms with Crippen LogP contribution in [0.3, 0.4) is 0 Å². The van der Waals surface area contributed by atoms with E-state index in [0.29, 0.717) is 24.3 Å². The summed E-state index contributed by atoms with van der Waals surface area (Å²) in [4.78, 5) is 24.9. The topological polar surface area (TPSA) is 97.2 Å². The van der Waals surface area contributed by atoms with Gasteiger partial charge in [-0.25, -0.2) is 4.98 Å². The van der Waals surface area contributed by atoms with Crippen molar-refractivity contribution < 1.29 is 9.72 Å². The Morgan fingerprint density at radius 3 is 2.82 bits per heavy atom. The van der Waals surface area contributed by atoms with Crippen LogP contribution in [0.15, 0.2) is 12.3 Å². The monoisotopic (exact) mass is 238 g/mol. The van der Waals surface area contributed by atoms with E-state index in [1.165, 1.54) is 6.20 Å². The second-order valence-electron chi connectivity index (χ2n) is 3.46. The minimum absolute atomic E-state index is 0.0122. The van der Waals surface area contributed by atoms with Gasteiger partial charge in [0.05, 0.1) is 4.92 Å². The fourth-order valence-electron chi connectivity index (χ4n) is 1.27. The van der Waals surface area contributed by atoms with Crippen molar-refractivity contribution in [1.29, 1.82) is 0 Å². The quantitative estimate of drug-likeness (QED) is 0.585. The van der Waals surface area contributed by atoms with Gasteiger partial charge in [-0.05, 0) is 13.0 Å². The average molecular weight is 238 g/mol. The van der Waals surface area contributed by atoms with E-state index in [4.69, 9.17) is 0 Å². The number of amides is 1. The third-order valence-electron chi connectivity index (χ3n) is 2.22. The summed E-state index contributed by atoms with van der Waals surface area (Å²) < 4.78 is 0. The Balaban J connectivity index is 2.59. The maximum Gasteiger partial charge on any atom is 0.290 e. The van der Waals surface area contributed by atoms with Crippen molar-refractivity contribution in [2.75, 3.05) is 18.9 Å². The molecule has 1 aromatic heterocycles. The second-order valence-corrected chi connectivity index (χ2v) is 3.46. The lowest BCUT2D eigenvalue weighted by Gasteiger charge is -2.05. The van der Waals surface area contributed by atoms with Gasteiger partial charge in [0.15, 0.2) is 0 Å². The molecule has 0 aliphatic rings. The van der Waals surface area contributed by atoms with Gasteiger partial charge < -0.3 is 10.6 Å². The summed E-state index contributed by atoms with van der Waals surface area (Å²) in [6.07, 6.45) is 1.53. The first-order chi connectivity index (χ1) is 8.04. The van der Waals surface area contributed by atoms with E-state index in [1.54, 1.807) is 20.0 Å². The largest absolute Gasteiger partial charge is 0.370 e. The van der Waals surface area contributed by atoms with Gasteiger partial charge in [-0.1, -0.05) is 0 Å². The standard InChI is InChI=1S/C10H14N4O3/c1-7-5-9(12-4-3-10(15)11-2)13-6-8(7)14(16)17/h5-6H,3-4H2,1-2H3,(H,11,15)(H,12,13). The second kappa shape index (κ2) is 5.78. The normalized spacial score (nSPS) is 9.76. The highest BCUT2D eigenvalue weighted by Crippen LogP contribution is 2.18. The van der Waals surface area contributed by atoms with Crippen LogP contribution in [0.1, 0.15) is 12.0 Å². The molecule has 7 heteroatoms. The Bertz CT molecular complexity index is 434. The lowest BCUT2D eigenvalue weighted by molar-refractivity contribution is -0.385. The van der Waals surface area contributed by atoms with Crippen LogP contribution < -0.4 is 10.6 Å². The Labute approximate surface area is 98.4 Å². The highest BCUT2D eigenvalue weighted by atomic mass is 16.6. The number of nitrogens with one attached hydrogen (secondary N) is 2. The van der Waals surface area contributed by atoms with E-state index in [-0.39, 0.29) is 11.6 Å². The predicted octanol–water partition coefficient (Wildman–Crippen LogP) is 0.846. The molecule has 1 aromatic rings. The molecule has 0 atom stereocenters. The van der Waals surface area contributed by atoms with E-state index < -0.39 is 4.92 Å². The molecule has 0 saturated carbocycles. The van der Waals surface area contributed by atoms with Gasteiger partial charge >= 0.3 is 0 Å². The molecule has 0 aromatic carbocycles. The number of nitro groups is 1. The number of carbonyl (C=O) groups excluding carboxylic acids is 1. The molecular formula is C10H14N4O3. The summed E-state index contributed by atoms with van der Waals surface area (Å²) in [5, 5.41) is 16.0. The van der Waals surface area contributed by atoms with Crippen molar-refractivity contribution in [3.8, 4) is 0 Å². The first-order valence-electron chi connectivity index (χ1n) is 5.10. The molecule has 0 bridgehead atoms. The molecule has 1 amide bonds. The molecule has 2 N–H and O–H groups in total. The molecule has 0 spiro atoms. The molecule has 0 aliphatic heterocycles. The van der Waals surface area contributed by atoms with Crippen molar-refractivity contribution in [1.82, 2.24) is 10.3 Å². The summed E-state index contributed by atoms with van der Waals surface area (Å²) in [6.45, 7) is 2.08. The summed E-state index contributed by atoms with van der Waals surface area (Å²) in [5.74, 6) is 0.452. The smallest absolute Gasteiger partial charge is 0.290 e.